The maximum atomic E-state index is 3.38. The average Bonchev–Trinajstić information content (AvgIpc) is 1.88. The molecule has 1 aromatic heterocycles. The quantitative estimate of drug-likeness (QED) is 0.560. The van der Waals surface area contributed by atoms with Crippen molar-refractivity contribution in [1.29, 1.82) is 0 Å². The van der Waals surface area contributed by atoms with E-state index in [-0.39, 0.29) is 17.0 Å². The van der Waals surface area contributed by atoms with Gasteiger partial charge in [0.1, 0.15) is 6.54 Å². The molecular weight excluding hydrogens is 258 g/mol. The molecule has 1 nitrogen and oxygen atoms in total. The van der Waals surface area contributed by atoms with Crippen molar-refractivity contribution in [2.24, 2.45) is 0 Å². The minimum atomic E-state index is 0. The second kappa shape index (κ2) is 4.85. The van der Waals surface area contributed by atoms with Crippen molar-refractivity contribution in [3.05, 3.63) is 29.0 Å². The first-order valence-electron chi connectivity index (χ1n) is 2.97. The van der Waals surface area contributed by atoms with Crippen LogP contribution < -0.4 is 21.5 Å². The molecule has 0 saturated heterocycles. The molecule has 0 aliphatic rings. The standard InChI is InChI=1S/C7H9BrN.BrH/c1-2-9-5-3-4-7(8)6-9;/h3-6H,2H2,1H3;1H/q+1;/p-1. The van der Waals surface area contributed by atoms with Crippen LogP contribution in [0.4, 0.5) is 0 Å². The maximum absolute atomic E-state index is 3.38. The van der Waals surface area contributed by atoms with Gasteiger partial charge in [-0.1, -0.05) is 0 Å². The molecule has 0 fully saturated rings. The molecule has 0 N–H and O–H groups in total. The van der Waals surface area contributed by atoms with E-state index >= 15 is 0 Å². The SMILES string of the molecule is CC[n+]1cccc(Br)c1.[Br-]. The number of aromatic nitrogens is 1. The van der Waals surface area contributed by atoms with Gasteiger partial charge in [-0.2, -0.15) is 0 Å². The molecule has 0 atom stereocenters. The van der Waals surface area contributed by atoms with Gasteiger partial charge in [0.15, 0.2) is 12.4 Å². The van der Waals surface area contributed by atoms with Crippen LogP contribution in [0.15, 0.2) is 29.0 Å². The molecule has 0 unspecified atom stereocenters. The first-order valence-corrected chi connectivity index (χ1v) is 3.77. The third kappa shape index (κ3) is 2.80. The minimum absolute atomic E-state index is 0. The van der Waals surface area contributed by atoms with Gasteiger partial charge in [-0.05, 0) is 28.9 Å². The summed E-state index contributed by atoms with van der Waals surface area (Å²) in [7, 11) is 0. The predicted octanol–water partition coefficient (Wildman–Crippen LogP) is -1.24. The van der Waals surface area contributed by atoms with Gasteiger partial charge in [0.2, 0.25) is 0 Å². The molecule has 0 radical (unpaired) electrons. The van der Waals surface area contributed by atoms with Crippen LogP contribution in [0.5, 0.6) is 0 Å². The molecule has 3 heteroatoms. The van der Waals surface area contributed by atoms with Crippen LogP contribution in [0.2, 0.25) is 0 Å². The Bertz CT molecular complexity index is 201. The summed E-state index contributed by atoms with van der Waals surface area (Å²) in [5.41, 5.74) is 0. The van der Waals surface area contributed by atoms with E-state index in [0.717, 1.165) is 11.0 Å². The summed E-state index contributed by atoms with van der Waals surface area (Å²) in [4.78, 5) is 0. The van der Waals surface area contributed by atoms with E-state index in [1.54, 1.807) is 0 Å². The number of aryl methyl sites for hydroxylation is 1. The first kappa shape index (κ1) is 10.1. The number of rotatable bonds is 1. The lowest BCUT2D eigenvalue weighted by Crippen LogP contribution is -3.00. The fourth-order valence-electron chi connectivity index (χ4n) is 0.687. The molecular formula is C7H9Br2N. The Morgan fingerprint density at radius 1 is 1.60 bits per heavy atom. The first-order chi connectivity index (χ1) is 4.33. The molecule has 56 valence electrons. The Labute approximate surface area is 80.0 Å². The van der Waals surface area contributed by atoms with Crippen LogP contribution in [0.25, 0.3) is 0 Å². The van der Waals surface area contributed by atoms with Crippen LogP contribution >= 0.6 is 15.9 Å². The Balaban J connectivity index is 0.000000810. The molecule has 1 rings (SSSR count). The van der Waals surface area contributed by atoms with E-state index in [9.17, 15) is 0 Å². The van der Waals surface area contributed by atoms with E-state index in [0.29, 0.717) is 0 Å². The number of hydrogen-bond acceptors (Lipinski definition) is 0. The fourth-order valence-corrected chi connectivity index (χ4v) is 1.10. The molecule has 0 aliphatic carbocycles. The summed E-state index contributed by atoms with van der Waals surface area (Å²) in [6.45, 7) is 3.14. The largest absolute Gasteiger partial charge is 1.00 e. The molecule has 1 heterocycles. The second-order valence-corrected chi connectivity index (χ2v) is 2.77. The van der Waals surface area contributed by atoms with E-state index < -0.39 is 0 Å². The van der Waals surface area contributed by atoms with E-state index in [2.05, 4.69) is 33.6 Å². The Morgan fingerprint density at radius 2 is 2.30 bits per heavy atom. The van der Waals surface area contributed by atoms with Crippen LogP contribution in [0.3, 0.4) is 0 Å². The highest BCUT2D eigenvalue weighted by atomic mass is 79.9. The third-order valence-corrected chi connectivity index (χ3v) is 1.66. The smallest absolute Gasteiger partial charge is 0.183 e. The zero-order valence-electron chi connectivity index (χ0n) is 5.72. The number of hydrogen-bond donors (Lipinski definition) is 0. The van der Waals surface area contributed by atoms with Crippen molar-refractivity contribution in [3.8, 4) is 0 Å². The summed E-state index contributed by atoms with van der Waals surface area (Å²) < 4.78 is 3.25. The van der Waals surface area contributed by atoms with Crippen molar-refractivity contribution in [2.75, 3.05) is 0 Å². The minimum Gasteiger partial charge on any atom is -1.00 e. The lowest BCUT2D eigenvalue weighted by Gasteiger charge is -1.88. The summed E-state index contributed by atoms with van der Waals surface area (Å²) in [6, 6.07) is 4.04. The van der Waals surface area contributed by atoms with Crippen molar-refractivity contribution in [3.63, 3.8) is 0 Å². The molecule has 0 spiro atoms. The molecule has 0 aromatic carbocycles. The molecule has 0 bridgehead atoms. The van der Waals surface area contributed by atoms with Crippen LogP contribution in [-0.2, 0) is 6.54 Å². The highest BCUT2D eigenvalue weighted by Crippen LogP contribution is 2.02. The third-order valence-electron chi connectivity index (χ3n) is 1.19. The monoisotopic (exact) mass is 265 g/mol. The molecule has 0 saturated carbocycles. The van der Waals surface area contributed by atoms with Gasteiger partial charge < -0.3 is 17.0 Å². The van der Waals surface area contributed by atoms with Gasteiger partial charge in [-0.3, -0.25) is 0 Å². The molecule has 0 aliphatic heterocycles. The Kier molecular flexibility index (Phi) is 4.91. The molecule has 0 amide bonds. The van der Waals surface area contributed by atoms with Crippen LogP contribution in [-0.4, -0.2) is 0 Å². The van der Waals surface area contributed by atoms with Gasteiger partial charge in [-0.25, -0.2) is 4.57 Å². The summed E-state index contributed by atoms with van der Waals surface area (Å²) in [5, 5.41) is 0. The van der Waals surface area contributed by atoms with E-state index in [1.165, 1.54) is 0 Å². The summed E-state index contributed by atoms with van der Waals surface area (Å²) >= 11 is 3.38. The lowest BCUT2D eigenvalue weighted by atomic mass is 10.5. The van der Waals surface area contributed by atoms with Gasteiger partial charge in [0.05, 0.1) is 4.47 Å². The molecule has 1 aromatic rings. The predicted molar refractivity (Wildman–Crippen MR) is 40.0 cm³/mol. The molecule has 10 heavy (non-hydrogen) atoms. The number of pyridine rings is 1. The van der Waals surface area contributed by atoms with Gasteiger partial charge >= 0.3 is 0 Å². The Morgan fingerprint density at radius 3 is 2.70 bits per heavy atom. The van der Waals surface area contributed by atoms with Crippen molar-refractivity contribution < 1.29 is 21.5 Å². The van der Waals surface area contributed by atoms with Crippen molar-refractivity contribution in [2.45, 2.75) is 13.5 Å². The zero-order chi connectivity index (χ0) is 6.69. The highest BCUT2D eigenvalue weighted by Gasteiger charge is 1.93. The summed E-state index contributed by atoms with van der Waals surface area (Å²) in [6.07, 6.45) is 4.10. The topological polar surface area (TPSA) is 3.88 Å². The zero-order valence-corrected chi connectivity index (χ0v) is 8.89. The Hall–Kier alpha value is 0.110. The van der Waals surface area contributed by atoms with Gasteiger partial charge in [-0.15, -0.1) is 0 Å². The van der Waals surface area contributed by atoms with Crippen molar-refractivity contribution >= 4 is 15.9 Å². The fraction of sp³-hybridized carbons (Fsp3) is 0.286. The normalized spacial score (nSPS) is 8.60. The van der Waals surface area contributed by atoms with E-state index in [4.69, 9.17) is 0 Å². The van der Waals surface area contributed by atoms with Crippen LogP contribution in [0.1, 0.15) is 6.92 Å². The van der Waals surface area contributed by atoms with Crippen molar-refractivity contribution in [1.82, 2.24) is 0 Å². The van der Waals surface area contributed by atoms with Gasteiger partial charge in [0.25, 0.3) is 0 Å². The highest BCUT2D eigenvalue weighted by molar-refractivity contribution is 9.10. The van der Waals surface area contributed by atoms with Gasteiger partial charge in [0, 0.05) is 6.07 Å². The maximum Gasteiger partial charge on any atom is 0.183 e. The number of halogens is 2. The van der Waals surface area contributed by atoms with Crippen LogP contribution in [0, 0.1) is 0 Å². The lowest BCUT2D eigenvalue weighted by molar-refractivity contribution is -0.694. The summed E-state index contributed by atoms with van der Waals surface area (Å²) in [5.74, 6) is 0. The van der Waals surface area contributed by atoms with E-state index in [1.807, 2.05) is 18.3 Å². The number of nitrogens with zero attached hydrogens (tertiary/aromatic N) is 1. The average molecular weight is 267 g/mol. The second-order valence-electron chi connectivity index (χ2n) is 1.85.